The monoisotopic (exact) mass is 420 g/mol. The summed E-state index contributed by atoms with van der Waals surface area (Å²) in [7, 11) is 1.81. The van der Waals surface area contributed by atoms with Crippen LogP contribution in [0.5, 0.6) is 0 Å². The molecule has 1 fully saturated rings. The lowest BCUT2D eigenvalue weighted by molar-refractivity contribution is 0.0881. The lowest BCUT2D eigenvalue weighted by Crippen LogP contribution is -2.52. The Labute approximate surface area is 182 Å². The van der Waals surface area contributed by atoms with Gasteiger partial charge in [-0.1, -0.05) is 42.5 Å². The molecule has 2 aromatic carbocycles. The Balaban J connectivity index is 1.37. The zero-order valence-corrected chi connectivity index (χ0v) is 18.0. The summed E-state index contributed by atoms with van der Waals surface area (Å²) in [6.07, 6.45) is 2.04. The fourth-order valence-electron chi connectivity index (χ4n) is 5.32. The average molecular weight is 421 g/mol. The van der Waals surface area contributed by atoms with Crippen molar-refractivity contribution in [3.8, 4) is 0 Å². The number of aryl methyl sites for hydroxylation is 1. The highest BCUT2D eigenvalue weighted by Crippen LogP contribution is 2.40. The van der Waals surface area contributed by atoms with Crippen molar-refractivity contribution in [2.45, 2.75) is 37.9 Å². The molecule has 3 aromatic rings. The summed E-state index contributed by atoms with van der Waals surface area (Å²) in [6.45, 7) is 5.26. The fraction of sp³-hybridized carbons (Fsp3) is 0.400. The van der Waals surface area contributed by atoms with Crippen molar-refractivity contribution in [3.05, 3.63) is 93.2 Å². The number of rotatable bonds is 4. The lowest BCUT2D eigenvalue weighted by Gasteiger charge is -2.47. The Morgan fingerprint density at radius 3 is 2.29 bits per heavy atom. The van der Waals surface area contributed by atoms with E-state index >= 15 is 0 Å². The van der Waals surface area contributed by atoms with Gasteiger partial charge in [0.25, 0.3) is 5.56 Å². The van der Waals surface area contributed by atoms with E-state index < -0.39 is 0 Å². The van der Waals surface area contributed by atoms with Crippen LogP contribution in [0.15, 0.2) is 59.4 Å². The number of H-pyrrole nitrogens is 1. The third kappa shape index (κ3) is 3.98. The SMILES string of the molecule is Cn1[nH]c2c(c1=O)CN(Cc1ccc(F)cc1)CC21CCN(Cc2ccccc2)CC1. The molecule has 0 bridgehead atoms. The van der Waals surface area contributed by atoms with Crippen LogP contribution in [0, 0.1) is 5.82 Å². The normalized spacial score (nSPS) is 18.9. The Morgan fingerprint density at radius 2 is 1.58 bits per heavy atom. The molecule has 1 N–H and O–H groups in total. The number of halogens is 1. The second kappa shape index (κ2) is 8.09. The zero-order chi connectivity index (χ0) is 21.4. The van der Waals surface area contributed by atoms with Crippen LogP contribution in [0.3, 0.4) is 0 Å². The molecule has 0 atom stereocenters. The van der Waals surface area contributed by atoms with Gasteiger partial charge in [-0.3, -0.25) is 24.4 Å². The summed E-state index contributed by atoms with van der Waals surface area (Å²) in [6, 6.07) is 17.3. The predicted molar refractivity (Wildman–Crippen MR) is 119 cm³/mol. The number of benzene rings is 2. The van der Waals surface area contributed by atoms with Crippen LogP contribution in [0.2, 0.25) is 0 Å². The molecule has 5 rings (SSSR count). The van der Waals surface area contributed by atoms with E-state index in [0.717, 1.165) is 62.4 Å². The summed E-state index contributed by atoms with van der Waals surface area (Å²) < 4.78 is 15.0. The number of hydrogen-bond acceptors (Lipinski definition) is 3. The van der Waals surface area contributed by atoms with Gasteiger partial charge in [-0.15, -0.1) is 0 Å². The molecule has 6 heteroatoms. The molecule has 0 saturated carbocycles. The minimum atomic E-state index is -0.216. The van der Waals surface area contributed by atoms with Crippen LogP contribution < -0.4 is 5.56 Å². The first-order chi connectivity index (χ1) is 15.0. The predicted octanol–water partition coefficient (Wildman–Crippen LogP) is 3.40. The number of nitrogens with one attached hydrogen (secondary N) is 1. The zero-order valence-electron chi connectivity index (χ0n) is 18.0. The molecular weight excluding hydrogens is 391 g/mol. The highest BCUT2D eigenvalue weighted by atomic mass is 19.1. The van der Waals surface area contributed by atoms with Gasteiger partial charge < -0.3 is 0 Å². The number of hydrogen-bond donors (Lipinski definition) is 1. The molecule has 2 aliphatic rings. The highest BCUT2D eigenvalue weighted by Gasteiger charge is 2.44. The van der Waals surface area contributed by atoms with E-state index in [0.29, 0.717) is 6.54 Å². The third-order valence-corrected chi connectivity index (χ3v) is 6.96. The van der Waals surface area contributed by atoms with Gasteiger partial charge in [-0.25, -0.2) is 4.39 Å². The van der Waals surface area contributed by atoms with E-state index in [4.69, 9.17) is 0 Å². The lowest BCUT2D eigenvalue weighted by atomic mass is 9.72. The summed E-state index contributed by atoms with van der Waals surface area (Å²) in [5.74, 6) is -0.216. The van der Waals surface area contributed by atoms with E-state index in [-0.39, 0.29) is 16.8 Å². The first kappa shape index (κ1) is 20.2. The molecule has 162 valence electrons. The van der Waals surface area contributed by atoms with Crippen molar-refractivity contribution < 1.29 is 4.39 Å². The largest absolute Gasteiger partial charge is 0.299 e. The van der Waals surface area contributed by atoms with Gasteiger partial charge in [0.05, 0.1) is 5.56 Å². The van der Waals surface area contributed by atoms with Crippen LogP contribution in [-0.2, 0) is 32.1 Å². The molecule has 0 unspecified atom stereocenters. The molecule has 2 aliphatic heterocycles. The standard InChI is InChI=1S/C25H29FN4O/c1-28-24(31)22-17-30(16-20-7-9-21(26)10-8-20)18-25(23(22)27-28)11-13-29(14-12-25)15-19-5-3-2-4-6-19/h2-10,27H,11-18H2,1H3. The van der Waals surface area contributed by atoms with Crippen molar-refractivity contribution in [3.63, 3.8) is 0 Å². The van der Waals surface area contributed by atoms with Gasteiger partial charge in [0, 0.05) is 44.3 Å². The molecule has 0 aliphatic carbocycles. The number of aromatic amines is 1. The molecule has 1 spiro atoms. The van der Waals surface area contributed by atoms with Crippen LogP contribution >= 0.6 is 0 Å². The summed E-state index contributed by atoms with van der Waals surface area (Å²) in [4.78, 5) is 17.7. The first-order valence-electron chi connectivity index (χ1n) is 11.0. The van der Waals surface area contributed by atoms with Crippen molar-refractivity contribution in [1.29, 1.82) is 0 Å². The summed E-state index contributed by atoms with van der Waals surface area (Å²) in [5.41, 5.74) is 4.48. The van der Waals surface area contributed by atoms with Gasteiger partial charge in [-0.2, -0.15) is 0 Å². The molecular formula is C25H29FN4O. The second-order valence-corrected chi connectivity index (χ2v) is 9.14. The quantitative estimate of drug-likeness (QED) is 0.704. The van der Waals surface area contributed by atoms with Crippen molar-refractivity contribution in [2.75, 3.05) is 19.6 Å². The van der Waals surface area contributed by atoms with E-state index in [9.17, 15) is 9.18 Å². The van der Waals surface area contributed by atoms with Crippen LogP contribution in [0.4, 0.5) is 4.39 Å². The Hall–Kier alpha value is -2.70. The van der Waals surface area contributed by atoms with Crippen LogP contribution in [-0.4, -0.2) is 39.2 Å². The van der Waals surface area contributed by atoms with Gasteiger partial charge >= 0.3 is 0 Å². The molecule has 0 amide bonds. The van der Waals surface area contributed by atoms with Crippen LogP contribution in [0.25, 0.3) is 0 Å². The van der Waals surface area contributed by atoms with Crippen LogP contribution in [0.1, 0.15) is 35.2 Å². The maximum atomic E-state index is 13.3. The Bertz CT molecular complexity index is 1090. The molecule has 1 aromatic heterocycles. The van der Waals surface area contributed by atoms with Gasteiger partial charge in [-0.05, 0) is 49.2 Å². The number of piperidine rings is 1. The average Bonchev–Trinajstić information content (AvgIpc) is 3.07. The molecule has 31 heavy (non-hydrogen) atoms. The van der Waals surface area contributed by atoms with Gasteiger partial charge in [0.1, 0.15) is 5.82 Å². The fourth-order valence-corrected chi connectivity index (χ4v) is 5.32. The van der Waals surface area contributed by atoms with E-state index in [1.165, 1.54) is 17.7 Å². The third-order valence-electron chi connectivity index (χ3n) is 6.96. The van der Waals surface area contributed by atoms with Crippen molar-refractivity contribution >= 4 is 0 Å². The number of aromatic nitrogens is 2. The molecule has 5 nitrogen and oxygen atoms in total. The molecule has 0 radical (unpaired) electrons. The van der Waals surface area contributed by atoms with E-state index in [1.807, 2.05) is 19.2 Å². The Kier molecular flexibility index (Phi) is 5.28. The number of likely N-dealkylation sites (tertiary alicyclic amines) is 1. The van der Waals surface area contributed by atoms with Gasteiger partial charge in [0.15, 0.2) is 0 Å². The van der Waals surface area contributed by atoms with Gasteiger partial charge in [0.2, 0.25) is 0 Å². The number of fused-ring (bicyclic) bond motifs is 2. The summed E-state index contributed by atoms with van der Waals surface area (Å²) in [5, 5.41) is 3.39. The maximum Gasteiger partial charge on any atom is 0.271 e. The second-order valence-electron chi connectivity index (χ2n) is 9.14. The smallest absolute Gasteiger partial charge is 0.271 e. The minimum absolute atomic E-state index is 0.0405. The van der Waals surface area contributed by atoms with E-state index in [1.54, 1.807) is 4.68 Å². The van der Waals surface area contributed by atoms with Crippen molar-refractivity contribution in [1.82, 2.24) is 19.6 Å². The van der Waals surface area contributed by atoms with E-state index in [2.05, 4.69) is 45.2 Å². The maximum absolute atomic E-state index is 13.3. The highest BCUT2D eigenvalue weighted by molar-refractivity contribution is 5.31. The van der Waals surface area contributed by atoms with Crippen molar-refractivity contribution in [2.24, 2.45) is 7.05 Å². The first-order valence-corrected chi connectivity index (χ1v) is 11.0. The molecule has 1 saturated heterocycles. The molecule has 3 heterocycles. The number of nitrogens with zero attached hydrogens (tertiary/aromatic N) is 3. The Morgan fingerprint density at radius 1 is 0.935 bits per heavy atom. The summed E-state index contributed by atoms with van der Waals surface area (Å²) >= 11 is 0. The topological polar surface area (TPSA) is 44.3 Å². The minimum Gasteiger partial charge on any atom is -0.299 e.